The van der Waals surface area contributed by atoms with Gasteiger partial charge in [0.25, 0.3) is 0 Å². The number of hydrogen-bond donors (Lipinski definition) is 2. The summed E-state index contributed by atoms with van der Waals surface area (Å²) >= 11 is 0. The zero-order chi connectivity index (χ0) is 14.5. The second-order valence-electron chi connectivity index (χ2n) is 5.96. The van der Waals surface area contributed by atoms with Crippen LogP contribution in [0.3, 0.4) is 0 Å². The summed E-state index contributed by atoms with van der Waals surface area (Å²) in [7, 11) is 0. The van der Waals surface area contributed by atoms with E-state index in [2.05, 4.69) is 17.4 Å². The Morgan fingerprint density at radius 2 is 1.59 bits per heavy atom. The zero-order valence-corrected chi connectivity index (χ0v) is 13.6. The van der Waals surface area contributed by atoms with Crippen LogP contribution in [0.2, 0.25) is 0 Å². The van der Waals surface area contributed by atoms with Crippen molar-refractivity contribution in [1.29, 1.82) is 0 Å². The summed E-state index contributed by atoms with van der Waals surface area (Å²) in [5.41, 5.74) is 1.34. The largest absolute Gasteiger partial charge is 0.383 e. The van der Waals surface area contributed by atoms with E-state index >= 15 is 0 Å². The molecule has 2 aromatic carbocycles. The van der Waals surface area contributed by atoms with E-state index in [1.54, 1.807) is 0 Å². The Balaban J connectivity index is 0.00000176. The lowest BCUT2D eigenvalue weighted by molar-refractivity contribution is -0.0121. The molecule has 0 bridgehead atoms. The molecule has 2 nitrogen and oxygen atoms in total. The summed E-state index contributed by atoms with van der Waals surface area (Å²) in [5.74, 6) is 0. The Kier molecular flexibility index (Phi) is 6.01. The highest BCUT2D eigenvalue weighted by molar-refractivity contribution is 5.85. The fourth-order valence-corrected chi connectivity index (χ4v) is 3.32. The highest BCUT2D eigenvalue weighted by Crippen LogP contribution is 2.33. The minimum Gasteiger partial charge on any atom is -0.383 e. The van der Waals surface area contributed by atoms with Gasteiger partial charge in [-0.3, -0.25) is 0 Å². The lowest BCUT2D eigenvalue weighted by Crippen LogP contribution is -2.52. The number of piperidine rings is 1. The van der Waals surface area contributed by atoms with Crippen molar-refractivity contribution >= 4 is 12.4 Å². The number of benzene rings is 2. The Morgan fingerprint density at radius 3 is 2.18 bits per heavy atom. The van der Waals surface area contributed by atoms with Crippen LogP contribution < -0.4 is 5.32 Å². The summed E-state index contributed by atoms with van der Waals surface area (Å²) in [6.45, 7) is 0.995. The van der Waals surface area contributed by atoms with E-state index in [0.717, 1.165) is 18.5 Å². The fraction of sp³-hybridized carbons (Fsp3) is 0.368. The quantitative estimate of drug-likeness (QED) is 0.901. The van der Waals surface area contributed by atoms with Crippen LogP contribution >= 0.6 is 12.4 Å². The van der Waals surface area contributed by atoms with Gasteiger partial charge >= 0.3 is 0 Å². The molecule has 118 valence electrons. The summed E-state index contributed by atoms with van der Waals surface area (Å²) < 4.78 is 0. The second-order valence-corrected chi connectivity index (χ2v) is 5.96. The predicted molar refractivity (Wildman–Crippen MR) is 93.4 cm³/mol. The van der Waals surface area contributed by atoms with Crippen molar-refractivity contribution in [3.05, 3.63) is 71.8 Å². The first-order valence-corrected chi connectivity index (χ1v) is 7.84. The molecule has 1 aliphatic heterocycles. The Labute approximate surface area is 139 Å². The third-order valence-electron chi connectivity index (χ3n) is 4.48. The monoisotopic (exact) mass is 317 g/mol. The first-order valence-electron chi connectivity index (χ1n) is 7.84. The molecule has 2 atom stereocenters. The first kappa shape index (κ1) is 17.0. The number of halogens is 1. The minimum atomic E-state index is -0.844. The van der Waals surface area contributed by atoms with Gasteiger partial charge in [-0.15, -0.1) is 12.4 Å². The molecule has 0 amide bonds. The lowest BCUT2D eigenvalue weighted by Gasteiger charge is -2.40. The van der Waals surface area contributed by atoms with Gasteiger partial charge in [0.1, 0.15) is 5.60 Å². The van der Waals surface area contributed by atoms with Gasteiger partial charge in [-0.05, 0) is 30.5 Å². The molecule has 3 rings (SSSR count). The first-order chi connectivity index (χ1) is 10.3. The maximum Gasteiger partial charge on any atom is 0.109 e. The summed E-state index contributed by atoms with van der Waals surface area (Å²) in [5, 5.41) is 15.0. The number of nitrogens with one attached hydrogen (secondary N) is 1. The smallest absolute Gasteiger partial charge is 0.109 e. The molecule has 0 saturated carbocycles. The van der Waals surface area contributed by atoms with Crippen LogP contribution in [0.15, 0.2) is 60.7 Å². The van der Waals surface area contributed by atoms with Crippen molar-refractivity contribution in [2.75, 3.05) is 6.54 Å². The van der Waals surface area contributed by atoms with Crippen LogP contribution in [0.1, 0.15) is 30.4 Å². The van der Waals surface area contributed by atoms with Gasteiger partial charge in [-0.25, -0.2) is 0 Å². The van der Waals surface area contributed by atoms with Crippen molar-refractivity contribution in [3.63, 3.8) is 0 Å². The SMILES string of the molecule is Cl.OC(Cc1ccccc1)(c1ccccc1)C1CCCCN1. The van der Waals surface area contributed by atoms with Gasteiger partial charge in [-0.1, -0.05) is 67.1 Å². The number of hydrogen-bond acceptors (Lipinski definition) is 2. The average molecular weight is 318 g/mol. The maximum atomic E-state index is 11.5. The highest BCUT2D eigenvalue weighted by Gasteiger charge is 2.38. The van der Waals surface area contributed by atoms with Gasteiger partial charge in [0.2, 0.25) is 0 Å². The molecule has 2 unspecified atom stereocenters. The van der Waals surface area contributed by atoms with E-state index in [-0.39, 0.29) is 18.4 Å². The topological polar surface area (TPSA) is 32.3 Å². The summed E-state index contributed by atoms with van der Waals surface area (Å²) in [4.78, 5) is 0. The van der Waals surface area contributed by atoms with Crippen LogP contribution in [0.5, 0.6) is 0 Å². The molecule has 0 spiro atoms. The molecular weight excluding hydrogens is 294 g/mol. The van der Waals surface area contributed by atoms with Crippen LogP contribution in [0.4, 0.5) is 0 Å². The van der Waals surface area contributed by atoms with Crippen molar-refractivity contribution < 1.29 is 5.11 Å². The third-order valence-corrected chi connectivity index (χ3v) is 4.48. The minimum absolute atomic E-state index is 0. The molecule has 0 aliphatic carbocycles. The molecule has 0 radical (unpaired) electrons. The summed E-state index contributed by atoms with van der Waals surface area (Å²) in [6, 6.07) is 20.5. The normalized spacial score (nSPS) is 20.7. The van der Waals surface area contributed by atoms with Crippen molar-refractivity contribution in [2.24, 2.45) is 0 Å². The van der Waals surface area contributed by atoms with Gasteiger partial charge in [-0.2, -0.15) is 0 Å². The van der Waals surface area contributed by atoms with E-state index in [1.165, 1.54) is 18.4 Å². The van der Waals surface area contributed by atoms with E-state index < -0.39 is 5.60 Å². The molecule has 1 heterocycles. The van der Waals surface area contributed by atoms with Crippen molar-refractivity contribution in [2.45, 2.75) is 37.3 Å². The number of rotatable bonds is 4. The molecule has 1 fully saturated rings. The molecule has 0 aromatic heterocycles. The van der Waals surface area contributed by atoms with E-state index in [1.807, 2.05) is 48.5 Å². The fourth-order valence-electron chi connectivity index (χ4n) is 3.32. The van der Waals surface area contributed by atoms with Crippen LogP contribution in [-0.2, 0) is 12.0 Å². The van der Waals surface area contributed by atoms with Gasteiger partial charge in [0.05, 0.1) is 0 Å². The van der Waals surface area contributed by atoms with Gasteiger partial charge < -0.3 is 10.4 Å². The standard InChI is InChI=1S/C19H23NO.ClH/c21-19(17-11-5-2-6-12-17,18-13-7-8-14-20-18)15-16-9-3-1-4-10-16;/h1-6,9-12,18,20-21H,7-8,13-15H2;1H. The van der Waals surface area contributed by atoms with Gasteiger partial charge in [0.15, 0.2) is 0 Å². The molecule has 1 saturated heterocycles. The van der Waals surface area contributed by atoms with E-state index in [9.17, 15) is 5.11 Å². The molecule has 22 heavy (non-hydrogen) atoms. The average Bonchev–Trinajstić information content (AvgIpc) is 2.57. The Hall–Kier alpha value is -1.35. The second kappa shape index (κ2) is 7.77. The Morgan fingerprint density at radius 1 is 0.955 bits per heavy atom. The Bertz CT molecular complexity index is 554. The lowest BCUT2D eigenvalue weighted by atomic mass is 9.78. The zero-order valence-electron chi connectivity index (χ0n) is 12.7. The maximum absolute atomic E-state index is 11.5. The third kappa shape index (κ3) is 3.70. The molecule has 3 heteroatoms. The predicted octanol–water partition coefficient (Wildman–Crippen LogP) is 3.68. The number of aliphatic hydroxyl groups is 1. The van der Waals surface area contributed by atoms with Gasteiger partial charge in [0, 0.05) is 12.5 Å². The molecule has 2 aromatic rings. The molecular formula is C19H24ClNO. The van der Waals surface area contributed by atoms with E-state index in [4.69, 9.17) is 0 Å². The van der Waals surface area contributed by atoms with Crippen LogP contribution in [0, 0.1) is 0 Å². The van der Waals surface area contributed by atoms with Crippen molar-refractivity contribution in [3.8, 4) is 0 Å². The van der Waals surface area contributed by atoms with Crippen LogP contribution in [0.25, 0.3) is 0 Å². The highest BCUT2D eigenvalue weighted by atomic mass is 35.5. The van der Waals surface area contributed by atoms with Crippen molar-refractivity contribution in [1.82, 2.24) is 5.32 Å². The molecule has 2 N–H and O–H groups in total. The molecule has 1 aliphatic rings. The summed E-state index contributed by atoms with van der Waals surface area (Å²) in [6.07, 6.45) is 4.06. The van der Waals surface area contributed by atoms with E-state index in [0.29, 0.717) is 6.42 Å². The van der Waals surface area contributed by atoms with Crippen LogP contribution in [-0.4, -0.2) is 17.7 Å².